The zero-order valence-electron chi connectivity index (χ0n) is 17.8. The lowest BCUT2D eigenvalue weighted by Crippen LogP contribution is -2.53. The fourth-order valence-electron chi connectivity index (χ4n) is 6.60. The number of carboxylic acid groups (broad SMARTS) is 1. The predicted octanol–water partition coefficient (Wildman–Crippen LogP) is 5.00. The molecule has 2 unspecified atom stereocenters. The van der Waals surface area contributed by atoms with Gasteiger partial charge >= 0.3 is 5.97 Å². The van der Waals surface area contributed by atoms with Gasteiger partial charge in [-0.25, -0.2) is 9.69 Å². The molecule has 7 rings (SSSR count). The number of anilines is 1. The molecule has 4 aliphatic rings. The summed E-state index contributed by atoms with van der Waals surface area (Å²) in [6.07, 6.45) is 0.669. The van der Waals surface area contributed by atoms with Crippen LogP contribution in [0.3, 0.4) is 0 Å². The molecule has 164 valence electrons. The summed E-state index contributed by atoms with van der Waals surface area (Å²) in [4.78, 5) is 40.8. The van der Waals surface area contributed by atoms with Crippen molar-refractivity contribution in [1.29, 1.82) is 0 Å². The molecule has 2 amide bonds. The third-order valence-corrected chi connectivity index (χ3v) is 8.12. The molecule has 0 saturated carbocycles. The van der Waals surface area contributed by atoms with E-state index < -0.39 is 23.2 Å². The van der Waals surface area contributed by atoms with Gasteiger partial charge < -0.3 is 5.11 Å². The minimum absolute atomic E-state index is 0.0627. The van der Waals surface area contributed by atoms with E-state index in [0.29, 0.717) is 6.42 Å². The second-order valence-electron chi connectivity index (χ2n) is 8.96. The molecule has 0 spiro atoms. The number of carbonyl (C=O) groups excluding carboxylic acids is 2. The van der Waals surface area contributed by atoms with E-state index in [4.69, 9.17) is 11.6 Å². The molecule has 3 aromatic rings. The molecule has 1 aliphatic heterocycles. The van der Waals surface area contributed by atoms with Gasteiger partial charge in [-0.15, -0.1) is 0 Å². The molecule has 33 heavy (non-hydrogen) atoms. The Morgan fingerprint density at radius 2 is 1.58 bits per heavy atom. The van der Waals surface area contributed by atoms with E-state index >= 15 is 0 Å². The number of rotatable bonds is 3. The summed E-state index contributed by atoms with van der Waals surface area (Å²) in [6.45, 7) is 2.07. The number of hydrogen-bond acceptors (Lipinski definition) is 3. The quantitative estimate of drug-likeness (QED) is 0.562. The zero-order chi connectivity index (χ0) is 23.1. The minimum atomic E-state index is -1.21. The topological polar surface area (TPSA) is 74.7 Å². The van der Waals surface area contributed by atoms with Crippen molar-refractivity contribution in [3.63, 3.8) is 0 Å². The first-order chi connectivity index (χ1) is 15.9. The van der Waals surface area contributed by atoms with Gasteiger partial charge in [0.25, 0.3) is 0 Å². The molecule has 1 N–H and O–H groups in total. The first-order valence-corrected chi connectivity index (χ1v) is 11.4. The lowest BCUT2D eigenvalue weighted by Gasteiger charge is -2.54. The Labute approximate surface area is 195 Å². The third-order valence-electron chi connectivity index (χ3n) is 7.79. The second-order valence-corrected chi connectivity index (χ2v) is 9.37. The molecular weight excluding hydrogens is 438 g/mol. The van der Waals surface area contributed by atoms with E-state index in [2.05, 4.69) is 31.2 Å². The third kappa shape index (κ3) is 2.35. The Bertz CT molecular complexity index is 1330. The average molecular weight is 458 g/mol. The van der Waals surface area contributed by atoms with Gasteiger partial charge in [0.05, 0.1) is 28.1 Å². The van der Waals surface area contributed by atoms with Crippen LogP contribution in [-0.2, 0) is 15.0 Å². The number of carboxylic acids is 1. The fraction of sp³-hybridized carbons (Fsp3) is 0.222. The van der Waals surface area contributed by atoms with Crippen molar-refractivity contribution in [2.24, 2.45) is 11.8 Å². The summed E-state index contributed by atoms with van der Waals surface area (Å²) >= 11 is 6.05. The molecule has 2 bridgehead atoms. The molecule has 6 heteroatoms. The molecule has 1 saturated heterocycles. The standard InChI is InChI=1S/C27H20ClNO4/c1-2-27-18-9-5-3-7-15(18)21(16-8-4-6-10-19(16)27)22-23(27)25(31)29(24(22)30)14-11-12-20(28)17(13-14)26(32)33/h3-13,21-23H,2H2,1H3,(H,32,33). The molecule has 3 aliphatic carbocycles. The lowest BCUT2D eigenvalue weighted by atomic mass is 9.46. The maximum atomic E-state index is 14.0. The predicted molar refractivity (Wildman–Crippen MR) is 124 cm³/mol. The number of benzene rings is 3. The van der Waals surface area contributed by atoms with Gasteiger partial charge in [-0.2, -0.15) is 0 Å². The van der Waals surface area contributed by atoms with Crippen LogP contribution in [0.5, 0.6) is 0 Å². The van der Waals surface area contributed by atoms with Crippen LogP contribution in [0.4, 0.5) is 5.69 Å². The summed E-state index contributed by atoms with van der Waals surface area (Å²) in [7, 11) is 0. The van der Waals surface area contributed by atoms with Crippen LogP contribution in [0, 0.1) is 11.8 Å². The summed E-state index contributed by atoms with van der Waals surface area (Å²) in [6, 6.07) is 20.6. The molecule has 1 heterocycles. The molecule has 0 radical (unpaired) electrons. The lowest BCUT2D eigenvalue weighted by molar-refractivity contribution is -0.123. The summed E-state index contributed by atoms with van der Waals surface area (Å²) in [5, 5.41) is 9.57. The molecular formula is C27H20ClNO4. The van der Waals surface area contributed by atoms with Gasteiger partial charge in [0.2, 0.25) is 11.8 Å². The van der Waals surface area contributed by atoms with Crippen LogP contribution in [-0.4, -0.2) is 22.9 Å². The van der Waals surface area contributed by atoms with E-state index in [-0.39, 0.29) is 34.0 Å². The number of hydrogen-bond donors (Lipinski definition) is 1. The van der Waals surface area contributed by atoms with Gasteiger partial charge in [-0.05, 0) is 46.9 Å². The number of nitrogens with zero attached hydrogens (tertiary/aromatic N) is 1. The van der Waals surface area contributed by atoms with Gasteiger partial charge in [0.1, 0.15) is 0 Å². The van der Waals surface area contributed by atoms with E-state index in [1.54, 1.807) is 6.07 Å². The molecule has 0 aromatic heterocycles. The highest BCUT2D eigenvalue weighted by molar-refractivity contribution is 6.34. The largest absolute Gasteiger partial charge is 0.478 e. The highest BCUT2D eigenvalue weighted by Gasteiger charge is 2.67. The number of halogens is 1. The summed E-state index contributed by atoms with van der Waals surface area (Å²) in [5.41, 5.74) is 3.93. The molecule has 1 fully saturated rings. The molecule has 5 nitrogen and oxygen atoms in total. The average Bonchev–Trinajstić information content (AvgIpc) is 3.10. The van der Waals surface area contributed by atoms with Crippen LogP contribution in [0.1, 0.15) is 51.9 Å². The van der Waals surface area contributed by atoms with Gasteiger partial charge in [-0.3, -0.25) is 9.59 Å². The highest BCUT2D eigenvalue weighted by atomic mass is 35.5. The number of aromatic carboxylic acids is 1. The Morgan fingerprint density at radius 1 is 0.970 bits per heavy atom. The monoisotopic (exact) mass is 457 g/mol. The Morgan fingerprint density at radius 3 is 2.15 bits per heavy atom. The van der Waals surface area contributed by atoms with Crippen molar-refractivity contribution in [2.45, 2.75) is 24.7 Å². The van der Waals surface area contributed by atoms with Crippen molar-refractivity contribution in [2.75, 3.05) is 4.90 Å². The maximum Gasteiger partial charge on any atom is 0.337 e. The van der Waals surface area contributed by atoms with Crippen LogP contribution >= 0.6 is 11.6 Å². The van der Waals surface area contributed by atoms with Crippen molar-refractivity contribution >= 4 is 35.1 Å². The van der Waals surface area contributed by atoms with E-state index in [1.807, 2.05) is 24.3 Å². The SMILES string of the molecule is CCC12c3ccccc3C(c3ccccc31)C1C(=O)N(c3ccc(Cl)c(C(=O)O)c3)C(=O)C12. The Kier molecular flexibility index (Phi) is 4.15. The summed E-state index contributed by atoms with van der Waals surface area (Å²) < 4.78 is 0. The first-order valence-electron chi connectivity index (χ1n) is 11.0. The van der Waals surface area contributed by atoms with Crippen LogP contribution in [0.25, 0.3) is 0 Å². The Hall–Kier alpha value is -3.44. The van der Waals surface area contributed by atoms with Crippen LogP contribution in [0.2, 0.25) is 5.02 Å². The number of imide groups is 1. The van der Waals surface area contributed by atoms with Gasteiger partial charge in [0, 0.05) is 11.3 Å². The second kappa shape index (κ2) is 6.78. The van der Waals surface area contributed by atoms with E-state index in [1.165, 1.54) is 17.0 Å². The van der Waals surface area contributed by atoms with Crippen molar-refractivity contribution < 1.29 is 19.5 Å². The van der Waals surface area contributed by atoms with Crippen LogP contribution < -0.4 is 4.90 Å². The van der Waals surface area contributed by atoms with Crippen molar-refractivity contribution in [3.8, 4) is 0 Å². The fourth-order valence-corrected chi connectivity index (χ4v) is 6.80. The van der Waals surface area contributed by atoms with Gasteiger partial charge in [0.15, 0.2) is 0 Å². The minimum Gasteiger partial charge on any atom is -0.478 e. The first kappa shape index (κ1) is 20.2. The molecule has 2 atom stereocenters. The summed E-state index contributed by atoms with van der Waals surface area (Å²) in [5.74, 6) is -3.07. The highest BCUT2D eigenvalue weighted by Crippen LogP contribution is 2.65. The van der Waals surface area contributed by atoms with Crippen molar-refractivity contribution in [3.05, 3.63) is 99.6 Å². The van der Waals surface area contributed by atoms with Crippen LogP contribution in [0.15, 0.2) is 66.7 Å². The maximum absolute atomic E-state index is 14.0. The smallest absolute Gasteiger partial charge is 0.337 e. The van der Waals surface area contributed by atoms with E-state index in [9.17, 15) is 19.5 Å². The number of carbonyl (C=O) groups is 3. The normalized spacial score (nSPS) is 26.7. The molecule has 3 aromatic carbocycles. The Balaban J connectivity index is 1.60. The van der Waals surface area contributed by atoms with E-state index in [0.717, 1.165) is 22.3 Å². The number of amides is 2. The van der Waals surface area contributed by atoms with Gasteiger partial charge in [-0.1, -0.05) is 67.1 Å². The van der Waals surface area contributed by atoms with Crippen molar-refractivity contribution in [1.82, 2.24) is 0 Å². The zero-order valence-corrected chi connectivity index (χ0v) is 18.5.